The smallest absolute Gasteiger partial charge is 0.151 e. The second-order valence-electron chi connectivity index (χ2n) is 4.64. The summed E-state index contributed by atoms with van der Waals surface area (Å²) in [6, 6.07) is 3.97. The molecule has 0 aromatic heterocycles. The van der Waals surface area contributed by atoms with Crippen LogP contribution in [0.15, 0.2) is 18.2 Å². The molecule has 2 atom stereocenters. The highest BCUT2D eigenvalue weighted by molar-refractivity contribution is 7.91. The van der Waals surface area contributed by atoms with E-state index in [0.717, 1.165) is 0 Å². The summed E-state index contributed by atoms with van der Waals surface area (Å²) in [5.74, 6) is -0.368. The molecule has 0 bridgehead atoms. The zero-order chi connectivity index (χ0) is 14.6. The van der Waals surface area contributed by atoms with Crippen molar-refractivity contribution in [2.75, 3.05) is 12.8 Å². The highest BCUT2D eigenvalue weighted by atomic mass is 35.5. The van der Waals surface area contributed by atoms with Crippen LogP contribution in [0.5, 0.6) is 0 Å². The fourth-order valence-electron chi connectivity index (χ4n) is 1.90. The largest absolute Gasteiger partial charge is 0.313 e. The number of halogens is 2. The Morgan fingerprint density at radius 2 is 2.05 bits per heavy atom. The standard InChI is InChI=1S/C13H19ClFNO2S/c1-4-16-13(9(2)19(3,17)18)8-10-7-11(14)5-6-12(10)15/h5-7,9,13,16H,4,8H2,1-3H3. The molecule has 0 aliphatic carbocycles. The average Bonchev–Trinajstić information content (AvgIpc) is 2.31. The number of benzene rings is 1. The molecule has 2 unspecified atom stereocenters. The molecule has 0 aliphatic heterocycles. The molecular weight excluding hydrogens is 289 g/mol. The summed E-state index contributed by atoms with van der Waals surface area (Å²) in [5, 5.41) is 2.95. The first-order chi connectivity index (χ1) is 8.75. The molecule has 0 saturated heterocycles. The number of hydrogen-bond acceptors (Lipinski definition) is 3. The first kappa shape index (κ1) is 16.4. The van der Waals surface area contributed by atoms with Crippen LogP contribution in [-0.4, -0.2) is 32.5 Å². The van der Waals surface area contributed by atoms with Gasteiger partial charge in [-0.3, -0.25) is 0 Å². The van der Waals surface area contributed by atoms with Crippen LogP contribution in [0.2, 0.25) is 5.02 Å². The Morgan fingerprint density at radius 1 is 1.42 bits per heavy atom. The zero-order valence-corrected chi connectivity index (χ0v) is 12.9. The number of nitrogens with one attached hydrogen (secondary N) is 1. The van der Waals surface area contributed by atoms with E-state index >= 15 is 0 Å². The second-order valence-corrected chi connectivity index (χ2v) is 7.48. The van der Waals surface area contributed by atoms with E-state index in [1.165, 1.54) is 24.5 Å². The molecule has 0 heterocycles. The fourth-order valence-corrected chi connectivity index (χ4v) is 2.89. The van der Waals surface area contributed by atoms with E-state index in [1.807, 2.05) is 6.92 Å². The van der Waals surface area contributed by atoms with Crippen molar-refractivity contribution in [1.29, 1.82) is 0 Å². The first-order valence-corrected chi connectivity index (χ1v) is 8.45. The summed E-state index contributed by atoms with van der Waals surface area (Å²) >= 11 is 5.84. The van der Waals surface area contributed by atoms with Gasteiger partial charge in [-0.05, 0) is 43.7 Å². The SMILES string of the molecule is CCNC(Cc1cc(Cl)ccc1F)C(C)S(C)(=O)=O. The van der Waals surface area contributed by atoms with Crippen LogP contribution >= 0.6 is 11.6 Å². The number of rotatable bonds is 6. The monoisotopic (exact) mass is 307 g/mol. The molecule has 0 aliphatic rings. The van der Waals surface area contributed by atoms with E-state index in [1.54, 1.807) is 6.92 Å². The van der Waals surface area contributed by atoms with Gasteiger partial charge in [-0.2, -0.15) is 0 Å². The Kier molecular flexibility index (Phi) is 5.77. The normalized spacial score (nSPS) is 15.2. The second kappa shape index (κ2) is 6.68. The third kappa shape index (κ3) is 4.75. The molecule has 0 spiro atoms. The van der Waals surface area contributed by atoms with Crippen LogP contribution in [-0.2, 0) is 16.3 Å². The van der Waals surface area contributed by atoms with E-state index < -0.39 is 15.1 Å². The van der Waals surface area contributed by atoms with Crippen LogP contribution < -0.4 is 5.32 Å². The van der Waals surface area contributed by atoms with Crippen LogP contribution in [0.4, 0.5) is 4.39 Å². The Hall–Kier alpha value is -0.650. The van der Waals surface area contributed by atoms with Crippen molar-refractivity contribution in [3.63, 3.8) is 0 Å². The molecule has 0 saturated carbocycles. The lowest BCUT2D eigenvalue weighted by Gasteiger charge is -2.24. The minimum atomic E-state index is -3.19. The Balaban J connectivity index is 2.99. The van der Waals surface area contributed by atoms with Gasteiger partial charge in [0.05, 0.1) is 5.25 Å². The first-order valence-electron chi connectivity index (χ1n) is 6.12. The molecule has 1 rings (SSSR count). The Labute approximate surface area is 119 Å². The predicted molar refractivity (Wildman–Crippen MR) is 76.9 cm³/mol. The zero-order valence-electron chi connectivity index (χ0n) is 11.3. The Morgan fingerprint density at radius 3 is 2.58 bits per heavy atom. The quantitative estimate of drug-likeness (QED) is 0.878. The summed E-state index contributed by atoms with van der Waals surface area (Å²) in [6.45, 7) is 4.13. The highest BCUT2D eigenvalue weighted by Crippen LogP contribution is 2.18. The lowest BCUT2D eigenvalue weighted by Crippen LogP contribution is -2.43. The van der Waals surface area contributed by atoms with Crippen LogP contribution in [0.3, 0.4) is 0 Å². The van der Waals surface area contributed by atoms with Crippen molar-refractivity contribution in [1.82, 2.24) is 5.32 Å². The van der Waals surface area contributed by atoms with Crippen LogP contribution in [0.1, 0.15) is 19.4 Å². The number of likely N-dealkylation sites (N-methyl/N-ethyl adjacent to an activating group) is 1. The molecular formula is C13H19ClFNO2S. The lowest BCUT2D eigenvalue weighted by molar-refractivity contribution is 0.484. The van der Waals surface area contributed by atoms with E-state index in [-0.39, 0.29) is 18.3 Å². The van der Waals surface area contributed by atoms with Gasteiger partial charge in [0.1, 0.15) is 5.82 Å². The third-order valence-electron chi connectivity index (χ3n) is 3.16. The van der Waals surface area contributed by atoms with E-state index in [9.17, 15) is 12.8 Å². The van der Waals surface area contributed by atoms with E-state index in [2.05, 4.69) is 5.32 Å². The predicted octanol–water partition coefficient (Wildman–Crippen LogP) is 2.43. The number of sulfone groups is 1. The maximum absolute atomic E-state index is 13.7. The summed E-state index contributed by atoms with van der Waals surface area (Å²) in [4.78, 5) is 0. The van der Waals surface area contributed by atoms with Gasteiger partial charge < -0.3 is 5.32 Å². The lowest BCUT2D eigenvalue weighted by atomic mass is 10.0. The van der Waals surface area contributed by atoms with Gasteiger partial charge in [0.25, 0.3) is 0 Å². The van der Waals surface area contributed by atoms with Gasteiger partial charge >= 0.3 is 0 Å². The molecule has 1 aromatic rings. The molecule has 0 amide bonds. The van der Waals surface area contributed by atoms with Gasteiger partial charge in [-0.25, -0.2) is 12.8 Å². The molecule has 1 aromatic carbocycles. The maximum Gasteiger partial charge on any atom is 0.151 e. The third-order valence-corrected chi connectivity index (χ3v) is 5.07. The minimum absolute atomic E-state index is 0.286. The van der Waals surface area contributed by atoms with E-state index in [0.29, 0.717) is 17.1 Å². The van der Waals surface area contributed by atoms with Gasteiger partial charge in [-0.1, -0.05) is 18.5 Å². The van der Waals surface area contributed by atoms with Crippen molar-refractivity contribution in [3.8, 4) is 0 Å². The maximum atomic E-state index is 13.7. The minimum Gasteiger partial charge on any atom is -0.313 e. The topological polar surface area (TPSA) is 46.2 Å². The van der Waals surface area contributed by atoms with Crippen molar-refractivity contribution < 1.29 is 12.8 Å². The molecule has 0 fully saturated rings. The Bertz CT molecular complexity index is 533. The van der Waals surface area contributed by atoms with Gasteiger partial charge in [0.15, 0.2) is 9.84 Å². The summed E-state index contributed by atoms with van der Waals surface area (Å²) in [7, 11) is -3.19. The van der Waals surface area contributed by atoms with Crippen LogP contribution in [0, 0.1) is 5.82 Å². The summed E-state index contributed by atoms with van der Waals surface area (Å²) in [5.41, 5.74) is 0.425. The van der Waals surface area contributed by atoms with Crippen molar-refractivity contribution in [3.05, 3.63) is 34.6 Å². The molecule has 19 heavy (non-hydrogen) atoms. The molecule has 6 heteroatoms. The van der Waals surface area contributed by atoms with E-state index in [4.69, 9.17) is 11.6 Å². The molecule has 0 radical (unpaired) electrons. The van der Waals surface area contributed by atoms with Crippen molar-refractivity contribution in [2.45, 2.75) is 31.6 Å². The molecule has 108 valence electrons. The van der Waals surface area contributed by atoms with Gasteiger partial charge in [0, 0.05) is 17.3 Å². The summed E-state index contributed by atoms with van der Waals surface area (Å²) < 4.78 is 37.0. The van der Waals surface area contributed by atoms with Gasteiger partial charge in [-0.15, -0.1) is 0 Å². The highest BCUT2D eigenvalue weighted by Gasteiger charge is 2.26. The molecule has 3 nitrogen and oxygen atoms in total. The van der Waals surface area contributed by atoms with Crippen LogP contribution in [0.25, 0.3) is 0 Å². The summed E-state index contributed by atoms with van der Waals surface area (Å²) in [6.07, 6.45) is 1.48. The van der Waals surface area contributed by atoms with Crippen molar-refractivity contribution in [2.24, 2.45) is 0 Å². The average molecular weight is 308 g/mol. The van der Waals surface area contributed by atoms with Gasteiger partial charge in [0.2, 0.25) is 0 Å². The number of hydrogen-bond donors (Lipinski definition) is 1. The molecule has 1 N–H and O–H groups in total. The van der Waals surface area contributed by atoms with Crippen molar-refractivity contribution >= 4 is 21.4 Å². The fraction of sp³-hybridized carbons (Fsp3) is 0.538.